The molecule has 0 spiro atoms. The number of esters is 1. The monoisotopic (exact) mass is 524 g/mol. The molecule has 2 N–H and O–H groups in total. The normalized spacial score (nSPS) is 26.2. The second-order valence-corrected chi connectivity index (χ2v) is 11.3. The molecule has 5 atom stereocenters. The Morgan fingerprint density at radius 3 is 2.32 bits per heavy atom. The van der Waals surface area contributed by atoms with Crippen LogP contribution in [-0.2, 0) is 30.4 Å². The van der Waals surface area contributed by atoms with Crippen molar-refractivity contribution in [2.45, 2.75) is 84.2 Å². The lowest BCUT2D eigenvalue weighted by Crippen LogP contribution is -2.48. The highest BCUT2D eigenvalue weighted by atomic mass is 16.7. The largest absolute Gasteiger partial charge is 0.459 e. The summed E-state index contributed by atoms with van der Waals surface area (Å²) in [5.41, 5.74) is 2.86. The van der Waals surface area contributed by atoms with Gasteiger partial charge in [0.1, 0.15) is 11.6 Å². The average Bonchev–Trinajstić information content (AvgIpc) is 3.33. The van der Waals surface area contributed by atoms with Crippen molar-refractivity contribution in [3.05, 3.63) is 65.2 Å². The van der Waals surface area contributed by atoms with Crippen LogP contribution in [0.15, 0.2) is 48.5 Å². The maximum absolute atomic E-state index is 13.0. The lowest BCUT2D eigenvalue weighted by Gasteiger charge is -2.43. The maximum atomic E-state index is 13.0. The van der Waals surface area contributed by atoms with Crippen LogP contribution in [0.2, 0.25) is 0 Å². The molecule has 2 saturated heterocycles. The molecule has 5 unspecified atom stereocenters. The van der Waals surface area contributed by atoms with Crippen LogP contribution >= 0.6 is 0 Å². The van der Waals surface area contributed by atoms with Crippen LogP contribution < -0.4 is 5.32 Å². The van der Waals surface area contributed by atoms with Gasteiger partial charge in [0.15, 0.2) is 6.29 Å². The summed E-state index contributed by atoms with van der Waals surface area (Å²) in [7, 11) is 0. The molecule has 2 heterocycles. The van der Waals surface area contributed by atoms with Crippen molar-refractivity contribution >= 4 is 17.6 Å². The van der Waals surface area contributed by atoms with Gasteiger partial charge >= 0.3 is 5.97 Å². The van der Waals surface area contributed by atoms with Crippen molar-refractivity contribution in [1.29, 1.82) is 0 Å². The van der Waals surface area contributed by atoms with Gasteiger partial charge in [-0.1, -0.05) is 43.3 Å². The summed E-state index contributed by atoms with van der Waals surface area (Å²) >= 11 is 0. The van der Waals surface area contributed by atoms with Crippen LogP contribution in [0.25, 0.3) is 0 Å². The molecular formula is C30H40N2O6. The van der Waals surface area contributed by atoms with Gasteiger partial charge in [-0.2, -0.15) is 0 Å². The molecule has 206 valence electrons. The average molecular weight is 525 g/mol. The van der Waals surface area contributed by atoms with Crippen LogP contribution in [-0.4, -0.2) is 52.7 Å². The fourth-order valence-electron chi connectivity index (χ4n) is 5.17. The summed E-state index contributed by atoms with van der Waals surface area (Å²) in [5, 5.41) is 12.3. The predicted molar refractivity (Wildman–Crippen MR) is 144 cm³/mol. The molecule has 38 heavy (non-hydrogen) atoms. The van der Waals surface area contributed by atoms with E-state index in [1.807, 2.05) is 69.3 Å². The third-order valence-corrected chi connectivity index (χ3v) is 7.08. The Bertz CT molecular complexity index is 1100. The summed E-state index contributed by atoms with van der Waals surface area (Å²) in [5.74, 6) is -0.311. The van der Waals surface area contributed by atoms with Crippen molar-refractivity contribution in [3.63, 3.8) is 0 Å². The molecule has 2 aromatic rings. The highest BCUT2D eigenvalue weighted by Gasteiger charge is 2.42. The summed E-state index contributed by atoms with van der Waals surface area (Å²) in [4.78, 5) is 26.6. The van der Waals surface area contributed by atoms with E-state index < -0.39 is 11.9 Å². The Hall–Kier alpha value is -2.78. The predicted octanol–water partition coefficient (Wildman–Crippen LogP) is 4.73. The van der Waals surface area contributed by atoms with E-state index in [4.69, 9.17) is 14.2 Å². The minimum Gasteiger partial charge on any atom is -0.459 e. The van der Waals surface area contributed by atoms with Gasteiger partial charge in [-0.05, 0) is 63.4 Å². The third-order valence-electron chi connectivity index (χ3n) is 7.08. The topological polar surface area (TPSA) is 97.3 Å². The van der Waals surface area contributed by atoms with Crippen LogP contribution in [0.3, 0.4) is 0 Å². The highest BCUT2D eigenvalue weighted by molar-refractivity contribution is 5.88. The first kappa shape index (κ1) is 28.2. The number of aliphatic hydroxyl groups excluding tert-OH is 1. The molecule has 8 nitrogen and oxygen atoms in total. The SMILES string of the molecule is CC(=O)Nc1ccc(C2OC(CN3CCCC3C(=O)OC(C)(C)C)C(C)C(c3ccc(CO)cc3)O2)cc1. The van der Waals surface area contributed by atoms with Crippen molar-refractivity contribution in [2.75, 3.05) is 18.4 Å². The number of carbonyl (C=O) groups excluding carboxylic acids is 2. The summed E-state index contributed by atoms with van der Waals surface area (Å²) in [6.45, 7) is 10.6. The zero-order valence-electron chi connectivity index (χ0n) is 23.0. The van der Waals surface area contributed by atoms with Gasteiger partial charge < -0.3 is 24.6 Å². The first-order valence-electron chi connectivity index (χ1n) is 13.4. The van der Waals surface area contributed by atoms with Crippen molar-refractivity contribution < 1.29 is 28.9 Å². The number of anilines is 1. The van der Waals surface area contributed by atoms with E-state index in [0.717, 1.165) is 36.1 Å². The van der Waals surface area contributed by atoms with Gasteiger partial charge in [0, 0.05) is 30.6 Å². The number of hydrogen-bond donors (Lipinski definition) is 2. The standard InChI is InChI=1S/C30H40N2O6/c1-19-26(17-32-16-6-7-25(32)28(35)38-30(3,4)5)36-29(23-12-14-24(15-13-23)31-20(2)34)37-27(19)22-10-8-21(18-33)9-11-22/h8-15,19,25-27,29,33H,6-7,16-18H2,1-5H3,(H,31,34). The number of likely N-dealkylation sites (tertiary alicyclic amines) is 1. The maximum Gasteiger partial charge on any atom is 0.323 e. The van der Waals surface area contributed by atoms with Gasteiger partial charge in [0.05, 0.1) is 18.8 Å². The Kier molecular flexibility index (Phi) is 8.88. The molecule has 1 amide bonds. The fraction of sp³-hybridized carbons (Fsp3) is 0.533. The molecule has 4 rings (SSSR count). The third kappa shape index (κ3) is 6.99. The van der Waals surface area contributed by atoms with Crippen molar-refractivity contribution in [1.82, 2.24) is 4.90 Å². The molecule has 0 bridgehead atoms. The number of benzene rings is 2. The molecule has 2 fully saturated rings. The molecular weight excluding hydrogens is 484 g/mol. The van der Waals surface area contributed by atoms with E-state index in [9.17, 15) is 14.7 Å². The Morgan fingerprint density at radius 2 is 1.71 bits per heavy atom. The quantitative estimate of drug-likeness (QED) is 0.505. The fourth-order valence-corrected chi connectivity index (χ4v) is 5.17. The van der Waals surface area contributed by atoms with Crippen molar-refractivity contribution in [3.8, 4) is 0 Å². The summed E-state index contributed by atoms with van der Waals surface area (Å²) < 4.78 is 18.8. The highest BCUT2D eigenvalue weighted by Crippen LogP contribution is 2.42. The zero-order chi connectivity index (χ0) is 27.4. The second-order valence-electron chi connectivity index (χ2n) is 11.3. The number of hydrogen-bond acceptors (Lipinski definition) is 7. The van der Waals surface area contributed by atoms with Gasteiger partial charge in [-0.15, -0.1) is 0 Å². The lowest BCUT2D eigenvalue weighted by atomic mass is 9.90. The Morgan fingerprint density at radius 1 is 1.05 bits per heavy atom. The smallest absolute Gasteiger partial charge is 0.323 e. The van der Waals surface area contributed by atoms with Crippen LogP contribution in [0.4, 0.5) is 5.69 Å². The molecule has 2 aliphatic rings. The number of rotatable bonds is 7. The number of carbonyl (C=O) groups is 2. The summed E-state index contributed by atoms with van der Waals surface area (Å²) in [6.07, 6.45) is 0.639. The summed E-state index contributed by atoms with van der Waals surface area (Å²) in [6, 6.07) is 15.0. The molecule has 8 heteroatoms. The first-order valence-corrected chi connectivity index (χ1v) is 13.4. The molecule has 0 saturated carbocycles. The molecule has 0 aliphatic carbocycles. The molecule has 2 aromatic carbocycles. The van der Waals surface area contributed by atoms with E-state index >= 15 is 0 Å². The number of aliphatic hydroxyl groups is 1. The number of nitrogens with one attached hydrogen (secondary N) is 1. The van der Waals surface area contributed by atoms with Gasteiger partial charge in [-0.3, -0.25) is 14.5 Å². The van der Waals surface area contributed by atoms with E-state index in [-0.39, 0.29) is 42.7 Å². The molecule has 2 aliphatic heterocycles. The van der Waals surface area contributed by atoms with Gasteiger partial charge in [0.25, 0.3) is 0 Å². The second kappa shape index (κ2) is 11.9. The molecule has 0 aromatic heterocycles. The Labute approximate surface area is 225 Å². The van der Waals surface area contributed by atoms with Gasteiger partial charge in [0.2, 0.25) is 5.91 Å². The number of ether oxygens (including phenoxy) is 3. The van der Waals surface area contributed by atoms with Crippen molar-refractivity contribution in [2.24, 2.45) is 5.92 Å². The first-order chi connectivity index (χ1) is 18.0. The number of nitrogens with zero attached hydrogens (tertiary/aromatic N) is 1. The lowest BCUT2D eigenvalue weighted by molar-refractivity contribution is -0.276. The van der Waals surface area contributed by atoms with E-state index in [1.54, 1.807) is 0 Å². The minimum atomic E-state index is -0.618. The number of amides is 1. The minimum absolute atomic E-state index is 0.00441. The molecule has 0 radical (unpaired) electrons. The zero-order valence-corrected chi connectivity index (χ0v) is 23.0. The van der Waals surface area contributed by atoms with E-state index in [0.29, 0.717) is 12.2 Å². The van der Waals surface area contributed by atoms with Gasteiger partial charge in [-0.25, -0.2) is 0 Å². The van der Waals surface area contributed by atoms with Crippen LogP contribution in [0.1, 0.15) is 76.5 Å². The van der Waals surface area contributed by atoms with Crippen LogP contribution in [0, 0.1) is 5.92 Å². The Balaban J connectivity index is 1.57. The van der Waals surface area contributed by atoms with Crippen LogP contribution in [0.5, 0.6) is 0 Å². The van der Waals surface area contributed by atoms with E-state index in [2.05, 4.69) is 17.1 Å². The van der Waals surface area contributed by atoms with E-state index in [1.165, 1.54) is 6.92 Å².